The first-order valence-corrected chi connectivity index (χ1v) is 7.00. The molecule has 3 nitrogen and oxygen atoms in total. The Balaban J connectivity index is 1.41. The lowest BCUT2D eigenvalue weighted by molar-refractivity contribution is 0.0502. The van der Waals surface area contributed by atoms with Gasteiger partial charge in [0.1, 0.15) is 0 Å². The fourth-order valence-electron chi connectivity index (χ4n) is 2.88. The Kier molecular flexibility index (Phi) is 3.64. The third kappa shape index (κ3) is 2.74. The second-order valence-corrected chi connectivity index (χ2v) is 5.46. The molecule has 1 heterocycles. The van der Waals surface area contributed by atoms with Gasteiger partial charge in [0.25, 0.3) is 0 Å². The number of hydrogen-bond acceptors (Lipinski definition) is 3. The average molecular weight is 246 g/mol. The van der Waals surface area contributed by atoms with E-state index in [1.54, 1.807) is 0 Å². The first kappa shape index (κ1) is 12.2. The monoisotopic (exact) mass is 246 g/mol. The van der Waals surface area contributed by atoms with Gasteiger partial charge in [0, 0.05) is 25.0 Å². The van der Waals surface area contributed by atoms with Gasteiger partial charge < -0.3 is 15.8 Å². The summed E-state index contributed by atoms with van der Waals surface area (Å²) < 4.78 is 5.84. The van der Waals surface area contributed by atoms with Crippen molar-refractivity contribution in [3.63, 3.8) is 0 Å². The lowest BCUT2D eigenvalue weighted by Gasteiger charge is -2.13. The number of nitrogens with one attached hydrogen (secondary N) is 1. The number of benzene rings is 1. The fraction of sp³-hybridized carbons (Fsp3) is 0.600. The summed E-state index contributed by atoms with van der Waals surface area (Å²) in [6.45, 7) is 1.64. The maximum Gasteiger partial charge on any atom is 0.0704 e. The molecule has 1 saturated carbocycles. The Morgan fingerprint density at radius 2 is 1.94 bits per heavy atom. The Bertz CT molecular complexity index is 381. The molecule has 98 valence electrons. The molecular formula is C15H22N2O. The molecule has 2 fully saturated rings. The van der Waals surface area contributed by atoms with E-state index in [2.05, 4.69) is 35.6 Å². The van der Waals surface area contributed by atoms with Gasteiger partial charge in [0.2, 0.25) is 0 Å². The second-order valence-electron chi connectivity index (χ2n) is 5.46. The maximum atomic E-state index is 5.84. The smallest absolute Gasteiger partial charge is 0.0704 e. The number of rotatable bonds is 5. The standard InChI is InChI=1S/C15H22N2O/c16-9-12-6-7-13(18-12)10-17-15-8-14(15)11-4-2-1-3-5-11/h1-5,12-15,17H,6-10,16H2. The molecule has 0 amide bonds. The molecule has 3 heteroatoms. The molecule has 3 rings (SSSR count). The van der Waals surface area contributed by atoms with Crippen LogP contribution in [-0.4, -0.2) is 31.3 Å². The van der Waals surface area contributed by atoms with Crippen LogP contribution in [0.2, 0.25) is 0 Å². The minimum atomic E-state index is 0.293. The van der Waals surface area contributed by atoms with E-state index in [0.29, 0.717) is 30.7 Å². The Morgan fingerprint density at radius 3 is 2.67 bits per heavy atom. The van der Waals surface area contributed by atoms with Crippen molar-refractivity contribution in [3.8, 4) is 0 Å². The molecule has 0 aromatic heterocycles. The molecule has 1 aliphatic carbocycles. The van der Waals surface area contributed by atoms with Gasteiger partial charge in [-0.25, -0.2) is 0 Å². The van der Waals surface area contributed by atoms with Gasteiger partial charge in [-0.2, -0.15) is 0 Å². The highest BCUT2D eigenvalue weighted by atomic mass is 16.5. The van der Waals surface area contributed by atoms with Gasteiger partial charge >= 0.3 is 0 Å². The van der Waals surface area contributed by atoms with Crippen molar-refractivity contribution in [3.05, 3.63) is 35.9 Å². The third-order valence-electron chi connectivity index (χ3n) is 4.08. The van der Waals surface area contributed by atoms with Gasteiger partial charge in [-0.3, -0.25) is 0 Å². The van der Waals surface area contributed by atoms with Crippen LogP contribution in [0.15, 0.2) is 30.3 Å². The quantitative estimate of drug-likeness (QED) is 0.830. The van der Waals surface area contributed by atoms with E-state index < -0.39 is 0 Å². The van der Waals surface area contributed by atoms with E-state index in [1.165, 1.54) is 12.0 Å². The van der Waals surface area contributed by atoms with E-state index >= 15 is 0 Å². The molecule has 1 aliphatic heterocycles. The van der Waals surface area contributed by atoms with E-state index in [0.717, 1.165) is 19.4 Å². The number of nitrogens with two attached hydrogens (primary N) is 1. The van der Waals surface area contributed by atoms with Crippen LogP contribution in [0.5, 0.6) is 0 Å². The van der Waals surface area contributed by atoms with Gasteiger partial charge in [0.05, 0.1) is 12.2 Å². The van der Waals surface area contributed by atoms with Gasteiger partial charge in [0.15, 0.2) is 0 Å². The third-order valence-corrected chi connectivity index (χ3v) is 4.08. The van der Waals surface area contributed by atoms with Crippen LogP contribution in [0.3, 0.4) is 0 Å². The zero-order valence-electron chi connectivity index (χ0n) is 10.7. The van der Waals surface area contributed by atoms with Crippen LogP contribution in [0, 0.1) is 0 Å². The molecule has 1 aromatic rings. The molecule has 18 heavy (non-hydrogen) atoms. The summed E-state index contributed by atoms with van der Waals surface area (Å²) >= 11 is 0. The minimum Gasteiger partial charge on any atom is -0.372 e. The predicted molar refractivity (Wildman–Crippen MR) is 72.5 cm³/mol. The van der Waals surface area contributed by atoms with Gasteiger partial charge in [-0.1, -0.05) is 30.3 Å². The van der Waals surface area contributed by atoms with Crippen molar-refractivity contribution >= 4 is 0 Å². The number of hydrogen-bond donors (Lipinski definition) is 2. The topological polar surface area (TPSA) is 47.3 Å². The molecule has 2 aliphatic rings. The molecule has 0 radical (unpaired) electrons. The zero-order valence-corrected chi connectivity index (χ0v) is 10.7. The molecule has 1 aromatic carbocycles. The Labute approximate surface area is 109 Å². The summed E-state index contributed by atoms with van der Waals surface area (Å²) in [5, 5.41) is 3.63. The van der Waals surface area contributed by atoms with Crippen LogP contribution in [0.25, 0.3) is 0 Å². The maximum absolute atomic E-state index is 5.84. The first-order valence-electron chi connectivity index (χ1n) is 7.00. The Hall–Kier alpha value is -0.900. The lowest BCUT2D eigenvalue weighted by atomic mass is 10.1. The van der Waals surface area contributed by atoms with Crippen molar-refractivity contribution in [1.29, 1.82) is 0 Å². The van der Waals surface area contributed by atoms with Crippen molar-refractivity contribution in [2.75, 3.05) is 13.1 Å². The summed E-state index contributed by atoms with van der Waals surface area (Å²) in [6.07, 6.45) is 4.20. The summed E-state index contributed by atoms with van der Waals surface area (Å²) in [4.78, 5) is 0. The molecule has 0 bridgehead atoms. The first-order chi connectivity index (χ1) is 8.86. The lowest BCUT2D eigenvalue weighted by Crippen LogP contribution is -2.30. The summed E-state index contributed by atoms with van der Waals surface area (Å²) in [5.74, 6) is 0.706. The average Bonchev–Trinajstić information content (AvgIpc) is 3.06. The molecule has 3 N–H and O–H groups in total. The molecule has 0 spiro atoms. The van der Waals surface area contributed by atoms with E-state index in [4.69, 9.17) is 10.5 Å². The van der Waals surface area contributed by atoms with Crippen molar-refractivity contribution in [2.45, 2.75) is 43.4 Å². The van der Waals surface area contributed by atoms with Gasteiger partial charge in [-0.05, 0) is 24.8 Å². The van der Waals surface area contributed by atoms with Crippen molar-refractivity contribution in [1.82, 2.24) is 5.32 Å². The highest BCUT2D eigenvalue weighted by molar-refractivity contribution is 5.27. The van der Waals surface area contributed by atoms with Crippen LogP contribution in [0.1, 0.15) is 30.7 Å². The van der Waals surface area contributed by atoms with E-state index in [-0.39, 0.29) is 0 Å². The largest absolute Gasteiger partial charge is 0.372 e. The van der Waals surface area contributed by atoms with Crippen LogP contribution in [0.4, 0.5) is 0 Å². The fourth-order valence-corrected chi connectivity index (χ4v) is 2.88. The minimum absolute atomic E-state index is 0.293. The molecule has 4 unspecified atom stereocenters. The normalized spacial score (nSPS) is 34.7. The second kappa shape index (κ2) is 5.39. The highest BCUT2D eigenvalue weighted by Crippen LogP contribution is 2.40. The molecule has 1 saturated heterocycles. The van der Waals surface area contributed by atoms with Gasteiger partial charge in [-0.15, -0.1) is 0 Å². The number of ether oxygens (including phenoxy) is 1. The highest BCUT2D eigenvalue weighted by Gasteiger charge is 2.38. The predicted octanol–water partition coefficient (Wildman–Crippen LogP) is 1.64. The van der Waals surface area contributed by atoms with Crippen LogP contribution in [-0.2, 0) is 4.74 Å². The SMILES string of the molecule is NCC1CCC(CNC2CC2c2ccccc2)O1. The summed E-state index contributed by atoms with van der Waals surface area (Å²) in [6, 6.07) is 11.4. The molecule has 4 atom stereocenters. The van der Waals surface area contributed by atoms with Crippen LogP contribution >= 0.6 is 0 Å². The Morgan fingerprint density at radius 1 is 1.17 bits per heavy atom. The summed E-state index contributed by atoms with van der Waals surface area (Å²) in [5.41, 5.74) is 7.08. The van der Waals surface area contributed by atoms with Crippen molar-refractivity contribution < 1.29 is 4.74 Å². The zero-order chi connectivity index (χ0) is 12.4. The summed E-state index contributed by atoms with van der Waals surface area (Å²) in [7, 11) is 0. The van der Waals surface area contributed by atoms with Crippen molar-refractivity contribution in [2.24, 2.45) is 5.73 Å². The van der Waals surface area contributed by atoms with E-state index in [9.17, 15) is 0 Å². The molecular weight excluding hydrogens is 224 g/mol. The van der Waals surface area contributed by atoms with E-state index in [1.807, 2.05) is 0 Å². The van der Waals surface area contributed by atoms with Crippen LogP contribution < -0.4 is 11.1 Å².